The summed E-state index contributed by atoms with van der Waals surface area (Å²) in [5, 5.41) is 9.87. The van der Waals surface area contributed by atoms with Crippen LogP contribution in [0.5, 0.6) is 11.5 Å². The maximum atomic E-state index is 12.3. The molecular weight excluding hydrogens is 286 g/mol. The van der Waals surface area contributed by atoms with E-state index >= 15 is 0 Å². The lowest BCUT2D eigenvalue weighted by molar-refractivity contribution is -0.132. The van der Waals surface area contributed by atoms with Crippen LogP contribution in [0, 0.1) is 5.92 Å². The number of nitrogens with zero attached hydrogens (tertiary/aromatic N) is 1. The first-order valence-corrected chi connectivity index (χ1v) is 8.60. The molecule has 1 aliphatic heterocycles. The highest BCUT2D eigenvalue weighted by Gasteiger charge is 2.34. The van der Waals surface area contributed by atoms with Crippen LogP contribution in [0.4, 0.5) is 0 Å². The molecule has 0 bridgehead atoms. The molecule has 1 heterocycles. The molecule has 1 aromatic carbocycles. The molecule has 2 fully saturated rings. The van der Waals surface area contributed by atoms with E-state index in [-0.39, 0.29) is 17.0 Å². The first-order valence-electron chi connectivity index (χ1n) is 7.56. The summed E-state index contributed by atoms with van der Waals surface area (Å²) >= 11 is 1.80. The standard InChI is InChI=1S/C16H21NO3S/c1-2-20-14-9-12(5-6-13(14)18)16-17(10-11-3-4-11)15(19)7-8-21-16/h5-6,9,11,16,18H,2-4,7-8,10H2,1H3. The third-order valence-corrected chi connectivity index (χ3v) is 5.20. The molecule has 1 saturated carbocycles. The molecule has 3 rings (SSSR count). The van der Waals surface area contributed by atoms with Gasteiger partial charge in [-0.25, -0.2) is 0 Å². The summed E-state index contributed by atoms with van der Waals surface area (Å²) in [4.78, 5) is 14.3. The predicted octanol–water partition coefficient (Wildman–Crippen LogP) is 3.17. The number of phenolic OH excluding ortho intramolecular Hbond substituents is 1. The highest BCUT2D eigenvalue weighted by Crippen LogP contribution is 2.42. The van der Waals surface area contributed by atoms with E-state index in [9.17, 15) is 9.90 Å². The van der Waals surface area contributed by atoms with Crippen LogP contribution in [0.3, 0.4) is 0 Å². The Morgan fingerprint density at radius 1 is 1.43 bits per heavy atom. The smallest absolute Gasteiger partial charge is 0.224 e. The number of rotatable bonds is 5. The topological polar surface area (TPSA) is 49.8 Å². The van der Waals surface area contributed by atoms with Crippen molar-refractivity contribution in [3.63, 3.8) is 0 Å². The molecule has 5 heteroatoms. The Hall–Kier alpha value is -1.36. The number of benzene rings is 1. The number of thioether (sulfide) groups is 1. The fourth-order valence-corrected chi connectivity index (χ4v) is 3.87. The maximum absolute atomic E-state index is 12.3. The lowest BCUT2D eigenvalue weighted by Crippen LogP contribution is -2.38. The summed E-state index contributed by atoms with van der Waals surface area (Å²) in [5.74, 6) is 2.44. The van der Waals surface area contributed by atoms with Crippen LogP contribution in [0.2, 0.25) is 0 Å². The average Bonchev–Trinajstić information content (AvgIpc) is 3.28. The van der Waals surface area contributed by atoms with Gasteiger partial charge in [0.2, 0.25) is 5.91 Å². The van der Waals surface area contributed by atoms with E-state index in [1.165, 1.54) is 12.8 Å². The molecule has 1 aliphatic carbocycles. The average molecular weight is 307 g/mol. The highest BCUT2D eigenvalue weighted by molar-refractivity contribution is 7.99. The van der Waals surface area contributed by atoms with E-state index in [1.807, 2.05) is 24.0 Å². The molecule has 21 heavy (non-hydrogen) atoms. The van der Waals surface area contributed by atoms with Crippen molar-refractivity contribution in [1.82, 2.24) is 4.90 Å². The van der Waals surface area contributed by atoms with Gasteiger partial charge in [-0.3, -0.25) is 4.79 Å². The summed E-state index contributed by atoms with van der Waals surface area (Å²) in [7, 11) is 0. The van der Waals surface area contributed by atoms with E-state index in [0.717, 1.165) is 17.9 Å². The van der Waals surface area contributed by atoms with Crippen LogP contribution in [0.25, 0.3) is 0 Å². The van der Waals surface area contributed by atoms with Gasteiger partial charge < -0.3 is 14.7 Å². The first-order chi connectivity index (χ1) is 10.2. The molecule has 1 N–H and O–H groups in total. The van der Waals surface area contributed by atoms with Crippen LogP contribution < -0.4 is 4.74 Å². The second-order valence-electron chi connectivity index (χ2n) is 5.62. The number of amides is 1. The van der Waals surface area contributed by atoms with Crippen molar-refractivity contribution < 1.29 is 14.6 Å². The Labute approximate surface area is 129 Å². The van der Waals surface area contributed by atoms with Crippen LogP contribution in [0.15, 0.2) is 18.2 Å². The summed E-state index contributed by atoms with van der Waals surface area (Å²) in [6.07, 6.45) is 3.10. The number of phenols is 1. The Bertz CT molecular complexity index is 530. The van der Waals surface area contributed by atoms with Crippen molar-refractivity contribution in [2.45, 2.75) is 31.6 Å². The van der Waals surface area contributed by atoms with Crippen molar-refractivity contribution in [3.8, 4) is 11.5 Å². The highest BCUT2D eigenvalue weighted by atomic mass is 32.2. The van der Waals surface area contributed by atoms with Gasteiger partial charge in [-0.1, -0.05) is 6.07 Å². The van der Waals surface area contributed by atoms with Gasteiger partial charge in [0.25, 0.3) is 0 Å². The molecule has 4 nitrogen and oxygen atoms in total. The van der Waals surface area contributed by atoms with Crippen molar-refractivity contribution in [2.24, 2.45) is 5.92 Å². The number of carbonyl (C=O) groups is 1. The molecule has 2 aliphatic rings. The fraction of sp³-hybridized carbons (Fsp3) is 0.562. The molecule has 1 atom stereocenters. The number of carbonyl (C=O) groups excluding carboxylic acids is 1. The zero-order chi connectivity index (χ0) is 14.8. The first kappa shape index (κ1) is 14.6. The minimum Gasteiger partial charge on any atom is -0.504 e. The van der Waals surface area contributed by atoms with E-state index in [0.29, 0.717) is 24.7 Å². The Morgan fingerprint density at radius 2 is 2.24 bits per heavy atom. The lowest BCUT2D eigenvalue weighted by atomic mass is 10.1. The molecule has 1 amide bonds. The van der Waals surface area contributed by atoms with Gasteiger partial charge in [-0.2, -0.15) is 0 Å². The minimum atomic E-state index is 0.0478. The zero-order valence-electron chi connectivity index (χ0n) is 12.2. The Balaban J connectivity index is 1.85. The van der Waals surface area contributed by atoms with Crippen LogP contribution in [-0.4, -0.2) is 34.8 Å². The van der Waals surface area contributed by atoms with Crippen molar-refractivity contribution >= 4 is 17.7 Å². The number of hydrogen-bond acceptors (Lipinski definition) is 4. The third-order valence-electron chi connectivity index (χ3n) is 3.92. The molecule has 114 valence electrons. The van der Waals surface area contributed by atoms with Crippen molar-refractivity contribution in [1.29, 1.82) is 0 Å². The lowest BCUT2D eigenvalue weighted by Gasteiger charge is -2.35. The summed E-state index contributed by atoms with van der Waals surface area (Å²) in [5.41, 5.74) is 1.04. The van der Waals surface area contributed by atoms with Gasteiger partial charge in [0.1, 0.15) is 5.37 Å². The third kappa shape index (κ3) is 3.28. The molecule has 1 saturated heterocycles. The minimum absolute atomic E-state index is 0.0478. The Kier molecular flexibility index (Phi) is 4.29. The normalized spacial score (nSPS) is 22.4. The maximum Gasteiger partial charge on any atom is 0.224 e. The van der Waals surface area contributed by atoms with Gasteiger partial charge in [0.15, 0.2) is 11.5 Å². The molecule has 1 unspecified atom stereocenters. The van der Waals surface area contributed by atoms with Gasteiger partial charge >= 0.3 is 0 Å². The van der Waals surface area contributed by atoms with E-state index < -0.39 is 0 Å². The zero-order valence-corrected chi connectivity index (χ0v) is 13.1. The molecule has 1 aromatic rings. The molecule has 0 aromatic heterocycles. The van der Waals surface area contributed by atoms with E-state index in [2.05, 4.69) is 0 Å². The second kappa shape index (κ2) is 6.18. The van der Waals surface area contributed by atoms with Crippen molar-refractivity contribution in [2.75, 3.05) is 18.9 Å². The van der Waals surface area contributed by atoms with Crippen LogP contribution in [-0.2, 0) is 4.79 Å². The SMILES string of the molecule is CCOc1cc(C2SCCC(=O)N2CC2CC2)ccc1O. The van der Waals surface area contributed by atoms with Crippen molar-refractivity contribution in [3.05, 3.63) is 23.8 Å². The molecular formula is C16H21NO3S. The predicted molar refractivity (Wildman–Crippen MR) is 83.5 cm³/mol. The van der Waals surface area contributed by atoms with Crippen LogP contribution >= 0.6 is 11.8 Å². The number of hydrogen-bond donors (Lipinski definition) is 1. The second-order valence-corrected chi connectivity index (χ2v) is 6.81. The summed E-state index contributed by atoms with van der Waals surface area (Å²) in [6, 6.07) is 5.43. The number of ether oxygens (including phenoxy) is 1. The van der Waals surface area contributed by atoms with Gasteiger partial charge in [0.05, 0.1) is 6.61 Å². The fourth-order valence-electron chi connectivity index (χ4n) is 2.63. The molecule has 0 radical (unpaired) electrons. The van der Waals surface area contributed by atoms with E-state index in [1.54, 1.807) is 17.8 Å². The monoisotopic (exact) mass is 307 g/mol. The Morgan fingerprint density at radius 3 is 2.95 bits per heavy atom. The molecule has 0 spiro atoms. The summed E-state index contributed by atoms with van der Waals surface area (Å²) < 4.78 is 5.46. The quantitative estimate of drug-likeness (QED) is 0.908. The van der Waals surface area contributed by atoms with Gasteiger partial charge in [-0.05, 0) is 43.4 Å². The van der Waals surface area contributed by atoms with E-state index in [4.69, 9.17) is 4.74 Å². The summed E-state index contributed by atoms with van der Waals surface area (Å²) in [6.45, 7) is 3.27. The van der Waals surface area contributed by atoms with Gasteiger partial charge in [-0.15, -0.1) is 11.8 Å². The van der Waals surface area contributed by atoms with Crippen LogP contribution in [0.1, 0.15) is 37.1 Å². The number of aromatic hydroxyl groups is 1. The largest absolute Gasteiger partial charge is 0.504 e. The van der Waals surface area contributed by atoms with Gasteiger partial charge in [0, 0.05) is 18.7 Å².